The number of carboxylic acids is 1. The van der Waals surface area contributed by atoms with Gasteiger partial charge in [-0.25, -0.2) is 0 Å². The molecule has 1 aliphatic rings. The monoisotopic (exact) mass is 359 g/mol. The number of rotatable bonds is 5. The lowest BCUT2D eigenvalue weighted by Gasteiger charge is -2.21. The van der Waals surface area contributed by atoms with Crippen LogP contribution in [0.2, 0.25) is 0 Å². The third kappa shape index (κ3) is 2.94. The zero-order valence-corrected chi connectivity index (χ0v) is 13.7. The molecule has 0 aliphatic carbocycles. The summed E-state index contributed by atoms with van der Waals surface area (Å²) < 4.78 is 16.8. The Morgan fingerprint density at radius 1 is 1.29 bits per heavy atom. The quantitative estimate of drug-likeness (QED) is 0.839. The minimum absolute atomic E-state index is 0.116. The highest BCUT2D eigenvalue weighted by atomic mass is 79.9. The molecule has 0 radical (unpaired) electrons. The van der Waals surface area contributed by atoms with Gasteiger partial charge in [0.05, 0.1) is 31.7 Å². The summed E-state index contributed by atoms with van der Waals surface area (Å²) in [6.45, 7) is 0.434. The van der Waals surface area contributed by atoms with Gasteiger partial charge in [0.1, 0.15) is 5.75 Å². The van der Waals surface area contributed by atoms with Crippen molar-refractivity contribution in [2.24, 2.45) is 5.92 Å². The van der Waals surface area contributed by atoms with Crippen LogP contribution in [-0.2, 0) is 4.79 Å². The number of nitrogens with one attached hydrogen (secondary N) is 1. The lowest BCUT2D eigenvalue weighted by molar-refractivity contribution is -0.141. The van der Waals surface area contributed by atoms with Crippen LogP contribution in [0, 0.1) is 5.92 Å². The Kier molecular flexibility index (Phi) is 4.95. The number of ether oxygens (including phenoxy) is 3. The van der Waals surface area contributed by atoms with E-state index in [-0.39, 0.29) is 6.04 Å². The van der Waals surface area contributed by atoms with Crippen molar-refractivity contribution in [3.05, 3.63) is 16.1 Å². The fraction of sp³-hybridized carbons (Fsp3) is 0.500. The molecular weight excluding hydrogens is 342 g/mol. The minimum Gasteiger partial charge on any atom is -0.496 e. The van der Waals surface area contributed by atoms with Crippen LogP contribution < -0.4 is 19.5 Å². The fourth-order valence-corrected chi connectivity index (χ4v) is 3.41. The number of benzene rings is 1. The first-order chi connectivity index (χ1) is 10.0. The second-order valence-corrected chi connectivity index (χ2v) is 5.57. The van der Waals surface area contributed by atoms with Crippen molar-refractivity contribution >= 4 is 21.9 Å². The lowest BCUT2D eigenvalue weighted by Crippen LogP contribution is -2.18. The molecule has 2 rings (SSSR count). The van der Waals surface area contributed by atoms with Crippen molar-refractivity contribution in [1.29, 1.82) is 0 Å². The molecule has 116 valence electrons. The van der Waals surface area contributed by atoms with Crippen LogP contribution in [0.5, 0.6) is 17.2 Å². The van der Waals surface area contributed by atoms with E-state index in [0.717, 1.165) is 5.56 Å². The van der Waals surface area contributed by atoms with Gasteiger partial charge < -0.3 is 24.6 Å². The van der Waals surface area contributed by atoms with E-state index in [0.29, 0.717) is 34.7 Å². The van der Waals surface area contributed by atoms with Crippen LogP contribution in [-0.4, -0.2) is 38.9 Å². The molecule has 6 nitrogen and oxygen atoms in total. The second kappa shape index (κ2) is 6.53. The van der Waals surface area contributed by atoms with E-state index in [1.54, 1.807) is 27.4 Å². The van der Waals surface area contributed by atoms with Gasteiger partial charge in [-0.2, -0.15) is 0 Å². The summed E-state index contributed by atoms with van der Waals surface area (Å²) in [6.07, 6.45) is 0.500. The Morgan fingerprint density at radius 2 is 1.95 bits per heavy atom. The van der Waals surface area contributed by atoms with Gasteiger partial charge in [0, 0.05) is 24.2 Å². The van der Waals surface area contributed by atoms with Crippen LogP contribution >= 0.6 is 15.9 Å². The van der Waals surface area contributed by atoms with Crippen LogP contribution in [0.15, 0.2) is 10.5 Å². The summed E-state index contributed by atoms with van der Waals surface area (Å²) in [7, 11) is 4.68. The highest BCUT2D eigenvalue weighted by molar-refractivity contribution is 9.10. The van der Waals surface area contributed by atoms with Gasteiger partial charge in [-0.05, 0) is 22.4 Å². The van der Waals surface area contributed by atoms with E-state index in [2.05, 4.69) is 21.2 Å². The van der Waals surface area contributed by atoms with Crippen LogP contribution in [0.4, 0.5) is 0 Å². The highest BCUT2D eigenvalue weighted by Crippen LogP contribution is 2.47. The smallest absolute Gasteiger partial charge is 0.307 e. The summed E-state index contributed by atoms with van der Waals surface area (Å²) in [6, 6.07) is 1.63. The number of hydrogen-bond donors (Lipinski definition) is 2. The normalized spacial score (nSPS) is 21.1. The zero-order chi connectivity index (χ0) is 15.6. The van der Waals surface area contributed by atoms with Crippen molar-refractivity contribution in [1.82, 2.24) is 5.32 Å². The second-order valence-electron chi connectivity index (χ2n) is 4.77. The predicted molar refractivity (Wildman–Crippen MR) is 80.3 cm³/mol. The molecule has 2 unspecified atom stereocenters. The van der Waals surface area contributed by atoms with Crippen LogP contribution in [0.3, 0.4) is 0 Å². The highest BCUT2D eigenvalue weighted by Gasteiger charge is 2.34. The van der Waals surface area contributed by atoms with Gasteiger partial charge in [-0.1, -0.05) is 0 Å². The molecule has 2 atom stereocenters. The summed E-state index contributed by atoms with van der Waals surface area (Å²) in [5.74, 6) is 0.551. The molecule has 1 fully saturated rings. The SMILES string of the molecule is COc1cc(OC)c(C2CC(C(=O)O)CN2)c(Br)c1OC. The summed E-state index contributed by atoms with van der Waals surface area (Å²) in [5, 5.41) is 12.4. The van der Waals surface area contributed by atoms with Gasteiger partial charge in [-0.3, -0.25) is 4.79 Å². The molecule has 21 heavy (non-hydrogen) atoms. The number of halogens is 1. The molecule has 1 aromatic carbocycles. The van der Waals surface area contributed by atoms with Crippen molar-refractivity contribution in [2.45, 2.75) is 12.5 Å². The maximum absolute atomic E-state index is 11.1. The van der Waals surface area contributed by atoms with E-state index in [9.17, 15) is 4.79 Å². The summed E-state index contributed by atoms with van der Waals surface area (Å²) in [4.78, 5) is 11.1. The van der Waals surface area contributed by atoms with E-state index in [1.807, 2.05) is 0 Å². The van der Waals surface area contributed by atoms with E-state index in [4.69, 9.17) is 19.3 Å². The molecule has 1 aromatic rings. The number of carbonyl (C=O) groups is 1. The third-order valence-electron chi connectivity index (χ3n) is 3.66. The van der Waals surface area contributed by atoms with E-state index < -0.39 is 11.9 Å². The Labute approximate surface area is 131 Å². The topological polar surface area (TPSA) is 77.0 Å². The molecule has 1 saturated heterocycles. The summed E-state index contributed by atoms with van der Waals surface area (Å²) >= 11 is 3.52. The number of methoxy groups -OCH3 is 3. The molecule has 7 heteroatoms. The average Bonchev–Trinajstić information content (AvgIpc) is 2.95. The Balaban J connectivity index is 2.45. The molecule has 1 heterocycles. The Morgan fingerprint density at radius 3 is 2.43 bits per heavy atom. The van der Waals surface area contributed by atoms with Crippen molar-refractivity contribution in [3.8, 4) is 17.2 Å². The van der Waals surface area contributed by atoms with Gasteiger partial charge in [0.2, 0.25) is 0 Å². The number of aliphatic carboxylic acids is 1. The predicted octanol–water partition coefficient (Wildman–Crippen LogP) is 2.21. The van der Waals surface area contributed by atoms with Crippen molar-refractivity contribution in [3.63, 3.8) is 0 Å². The zero-order valence-electron chi connectivity index (χ0n) is 12.1. The Hall–Kier alpha value is -1.47. The standard InChI is InChI=1S/C14H18BrNO5/c1-19-9-5-10(20-2)13(21-3)12(15)11(9)8-4-7(6-16-8)14(17)18/h5,7-8,16H,4,6H2,1-3H3,(H,17,18). The molecule has 0 amide bonds. The van der Waals surface area contributed by atoms with E-state index >= 15 is 0 Å². The molecular formula is C14H18BrNO5. The van der Waals surface area contributed by atoms with Gasteiger partial charge in [0.15, 0.2) is 11.5 Å². The third-order valence-corrected chi connectivity index (χ3v) is 4.45. The van der Waals surface area contributed by atoms with Crippen molar-refractivity contribution in [2.75, 3.05) is 27.9 Å². The first-order valence-electron chi connectivity index (χ1n) is 6.48. The molecule has 0 aromatic heterocycles. The minimum atomic E-state index is -0.791. The molecule has 2 N–H and O–H groups in total. The van der Waals surface area contributed by atoms with Crippen LogP contribution in [0.1, 0.15) is 18.0 Å². The number of carboxylic acid groups (broad SMARTS) is 1. The maximum Gasteiger partial charge on any atom is 0.307 e. The van der Waals surface area contributed by atoms with Gasteiger partial charge in [-0.15, -0.1) is 0 Å². The average molecular weight is 360 g/mol. The lowest BCUT2D eigenvalue weighted by atomic mass is 9.99. The maximum atomic E-state index is 11.1. The molecule has 0 bridgehead atoms. The van der Waals surface area contributed by atoms with E-state index in [1.165, 1.54) is 0 Å². The van der Waals surface area contributed by atoms with Crippen molar-refractivity contribution < 1.29 is 24.1 Å². The molecule has 0 spiro atoms. The number of hydrogen-bond acceptors (Lipinski definition) is 5. The molecule has 0 saturated carbocycles. The fourth-order valence-electron chi connectivity index (χ4n) is 2.58. The molecule has 1 aliphatic heterocycles. The first-order valence-corrected chi connectivity index (χ1v) is 7.27. The van der Waals surface area contributed by atoms with Gasteiger partial charge >= 0.3 is 5.97 Å². The van der Waals surface area contributed by atoms with Gasteiger partial charge in [0.25, 0.3) is 0 Å². The first kappa shape index (κ1) is 15.9. The summed E-state index contributed by atoms with van der Waals surface area (Å²) in [5.41, 5.74) is 0.846. The largest absolute Gasteiger partial charge is 0.496 e. The van der Waals surface area contributed by atoms with Crippen LogP contribution in [0.25, 0.3) is 0 Å². The Bertz CT molecular complexity index is 549.